The summed E-state index contributed by atoms with van der Waals surface area (Å²) < 4.78 is 21.4. The highest BCUT2D eigenvalue weighted by Crippen LogP contribution is 2.19. The van der Waals surface area contributed by atoms with Gasteiger partial charge in [-0.15, -0.1) is 0 Å². The van der Waals surface area contributed by atoms with Crippen molar-refractivity contribution in [2.75, 3.05) is 6.61 Å². The van der Waals surface area contributed by atoms with Crippen molar-refractivity contribution in [3.05, 3.63) is 99.4 Å². The molecule has 0 aliphatic carbocycles. The SMILES string of the molecule is CC(C)(C)NC(=O)C(Cc1ccccc1)N(Cc1ccccc1F)C(=O)COc1ccc(I)cc1. The third-order valence-corrected chi connectivity index (χ3v) is 5.96. The fraction of sp³-hybridized carbons (Fsp3) is 0.286. The van der Waals surface area contributed by atoms with Crippen molar-refractivity contribution in [3.8, 4) is 5.75 Å². The minimum absolute atomic E-state index is 0.0589. The molecule has 0 aliphatic heterocycles. The molecule has 1 N–H and O–H groups in total. The van der Waals surface area contributed by atoms with E-state index in [0.29, 0.717) is 11.3 Å². The second-order valence-corrected chi connectivity index (χ2v) is 10.5. The van der Waals surface area contributed by atoms with Crippen molar-refractivity contribution in [2.45, 2.75) is 45.3 Å². The van der Waals surface area contributed by atoms with Crippen LogP contribution in [0.1, 0.15) is 31.9 Å². The quantitative estimate of drug-likeness (QED) is 0.343. The average molecular weight is 588 g/mol. The van der Waals surface area contributed by atoms with Gasteiger partial charge >= 0.3 is 0 Å². The van der Waals surface area contributed by atoms with Crippen LogP contribution in [-0.2, 0) is 22.6 Å². The van der Waals surface area contributed by atoms with Gasteiger partial charge in [-0.2, -0.15) is 0 Å². The van der Waals surface area contributed by atoms with Gasteiger partial charge in [0.2, 0.25) is 5.91 Å². The number of nitrogens with zero attached hydrogens (tertiary/aromatic N) is 1. The number of carbonyl (C=O) groups excluding carboxylic acids is 2. The molecular formula is C28H30FIN2O3. The second kappa shape index (κ2) is 12.2. The van der Waals surface area contributed by atoms with Crippen LogP contribution < -0.4 is 10.1 Å². The van der Waals surface area contributed by atoms with Gasteiger partial charge in [-0.25, -0.2) is 4.39 Å². The zero-order valence-electron chi connectivity index (χ0n) is 20.1. The Morgan fingerprint density at radius 2 is 1.60 bits per heavy atom. The Bertz CT molecular complexity index is 1130. The Balaban J connectivity index is 1.93. The van der Waals surface area contributed by atoms with E-state index in [4.69, 9.17) is 4.74 Å². The van der Waals surface area contributed by atoms with Crippen LogP contribution in [0.4, 0.5) is 4.39 Å². The molecule has 0 saturated carbocycles. The van der Waals surface area contributed by atoms with Crippen LogP contribution in [0.15, 0.2) is 78.9 Å². The van der Waals surface area contributed by atoms with E-state index in [0.717, 1.165) is 9.13 Å². The van der Waals surface area contributed by atoms with Gasteiger partial charge < -0.3 is 15.0 Å². The van der Waals surface area contributed by atoms with Crippen LogP contribution in [0, 0.1) is 9.39 Å². The molecule has 3 rings (SSSR count). The van der Waals surface area contributed by atoms with Crippen molar-refractivity contribution in [1.82, 2.24) is 10.2 Å². The maximum Gasteiger partial charge on any atom is 0.261 e. The van der Waals surface area contributed by atoms with Crippen molar-refractivity contribution >= 4 is 34.4 Å². The number of hydrogen-bond acceptors (Lipinski definition) is 3. The third kappa shape index (κ3) is 8.35. The molecule has 184 valence electrons. The predicted octanol–water partition coefficient (Wildman–Crippen LogP) is 5.36. The molecule has 1 atom stereocenters. The molecular weight excluding hydrogens is 558 g/mol. The van der Waals surface area contributed by atoms with E-state index in [2.05, 4.69) is 27.9 Å². The second-order valence-electron chi connectivity index (χ2n) is 9.30. The standard InChI is InChI=1S/C28H30FIN2O3/c1-28(2,3)31-27(34)25(17-20-9-5-4-6-10-20)32(18-21-11-7-8-12-24(21)29)26(33)19-35-23-15-13-22(30)14-16-23/h4-16,25H,17-19H2,1-3H3,(H,31,34). The van der Waals surface area contributed by atoms with Gasteiger partial charge in [0.15, 0.2) is 6.61 Å². The van der Waals surface area contributed by atoms with Crippen molar-refractivity contribution < 1.29 is 18.7 Å². The zero-order chi connectivity index (χ0) is 25.4. The van der Waals surface area contributed by atoms with Crippen molar-refractivity contribution in [3.63, 3.8) is 0 Å². The van der Waals surface area contributed by atoms with Gasteiger partial charge in [0, 0.05) is 27.6 Å². The Morgan fingerprint density at radius 3 is 2.23 bits per heavy atom. The van der Waals surface area contributed by atoms with Crippen LogP contribution in [0.5, 0.6) is 5.75 Å². The van der Waals surface area contributed by atoms with Crippen molar-refractivity contribution in [1.29, 1.82) is 0 Å². The van der Waals surface area contributed by atoms with Crippen LogP contribution >= 0.6 is 22.6 Å². The normalized spacial score (nSPS) is 12.0. The average Bonchev–Trinajstić information content (AvgIpc) is 2.81. The molecule has 5 nitrogen and oxygen atoms in total. The molecule has 1 unspecified atom stereocenters. The summed E-state index contributed by atoms with van der Waals surface area (Å²) in [6, 6.07) is 22.2. The monoisotopic (exact) mass is 588 g/mol. The first-order chi connectivity index (χ1) is 16.6. The molecule has 0 spiro atoms. The lowest BCUT2D eigenvalue weighted by atomic mass is 10.0. The van der Waals surface area contributed by atoms with Crippen LogP contribution in [0.25, 0.3) is 0 Å². The Labute approximate surface area is 219 Å². The fourth-order valence-corrected chi connectivity index (χ4v) is 3.94. The number of hydrogen-bond donors (Lipinski definition) is 1. The lowest BCUT2D eigenvalue weighted by molar-refractivity contribution is -0.143. The lowest BCUT2D eigenvalue weighted by Gasteiger charge is -2.33. The molecule has 0 heterocycles. The van der Waals surface area contributed by atoms with E-state index in [1.807, 2.05) is 63.2 Å². The summed E-state index contributed by atoms with van der Waals surface area (Å²) in [5, 5.41) is 2.99. The highest BCUT2D eigenvalue weighted by Gasteiger charge is 2.32. The van der Waals surface area contributed by atoms with Gasteiger partial charge in [0.25, 0.3) is 5.91 Å². The Hall–Kier alpha value is -2.94. The lowest BCUT2D eigenvalue weighted by Crippen LogP contribution is -2.55. The summed E-state index contributed by atoms with van der Waals surface area (Å²) in [6.45, 7) is 5.31. The topological polar surface area (TPSA) is 58.6 Å². The molecule has 3 aromatic carbocycles. The Morgan fingerprint density at radius 1 is 0.971 bits per heavy atom. The minimum atomic E-state index is -0.857. The molecule has 0 saturated heterocycles. The first-order valence-electron chi connectivity index (χ1n) is 11.4. The summed E-state index contributed by atoms with van der Waals surface area (Å²) >= 11 is 2.19. The summed E-state index contributed by atoms with van der Waals surface area (Å²) in [4.78, 5) is 28.4. The molecule has 35 heavy (non-hydrogen) atoms. The van der Waals surface area contributed by atoms with Crippen LogP contribution in [0.2, 0.25) is 0 Å². The highest BCUT2D eigenvalue weighted by molar-refractivity contribution is 14.1. The minimum Gasteiger partial charge on any atom is -0.484 e. The maximum absolute atomic E-state index is 14.6. The summed E-state index contributed by atoms with van der Waals surface area (Å²) in [5.41, 5.74) is 0.722. The smallest absolute Gasteiger partial charge is 0.261 e. The Kier molecular flexibility index (Phi) is 9.26. The van der Waals surface area contributed by atoms with Gasteiger partial charge in [0.05, 0.1) is 0 Å². The largest absolute Gasteiger partial charge is 0.484 e. The first-order valence-corrected chi connectivity index (χ1v) is 12.5. The number of carbonyl (C=O) groups is 2. The van der Waals surface area contributed by atoms with Gasteiger partial charge in [-0.1, -0.05) is 48.5 Å². The van der Waals surface area contributed by atoms with Crippen LogP contribution in [-0.4, -0.2) is 34.9 Å². The van der Waals surface area contributed by atoms with E-state index >= 15 is 0 Å². The van der Waals surface area contributed by atoms with Crippen LogP contribution in [0.3, 0.4) is 0 Å². The molecule has 0 bridgehead atoms. The number of halogens is 2. The number of ether oxygens (including phenoxy) is 1. The number of benzene rings is 3. The molecule has 3 aromatic rings. The number of nitrogens with one attached hydrogen (secondary N) is 1. The summed E-state index contributed by atoms with van der Waals surface area (Å²) in [5.74, 6) is -0.598. The maximum atomic E-state index is 14.6. The van der Waals surface area contributed by atoms with Gasteiger partial charge in [-0.3, -0.25) is 9.59 Å². The molecule has 2 amide bonds. The van der Waals surface area contributed by atoms with E-state index < -0.39 is 23.3 Å². The van der Waals surface area contributed by atoms with E-state index in [-0.39, 0.29) is 25.5 Å². The highest BCUT2D eigenvalue weighted by atomic mass is 127. The van der Waals surface area contributed by atoms with Gasteiger partial charge in [0.1, 0.15) is 17.6 Å². The summed E-state index contributed by atoms with van der Waals surface area (Å²) in [6.07, 6.45) is 0.284. The summed E-state index contributed by atoms with van der Waals surface area (Å²) in [7, 11) is 0. The predicted molar refractivity (Wildman–Crippen MR) is 143 cm³/mol. The molecule has 0 radical (unpaired) electrons. The van der Waals surface area contributed by atoms with E-state index in [1.54, 1.807) is 30.3 Å². The number of amides is 2. The van der Waals surface area contributed by atoms with E-state index in [1.165, 1.54) is 11.0 Å². The zero-order valence-corrected chi connectivity index (χ0v) is 22.3. The molecule has 0 aliphatic rings. The fourth-order valence-electron chi connectivity index (χ4n) is 3.58. The molecule has 7 heteroatoms. The first kappa shape index (κ1) is 26.7. The molecule has 0 fully saturated rings. The van der Waals surface area contributed by atoms with Gasteiger partial charge in [-0.05, 0) is 79.3 Å². The van der Waals surface area contributed by atoms with Crippen molar-refractivity contribution in [2.24, 2.45) is 0 Å². The third-order valence-electron chi connectivity index (χ3n) is 5.24. The number of rotatable bonds is 9. The molecule has 0 aromatic heterocycles. The van der Waals surface area contributed by atoms with E-state index in [9.17, 15) is 14.0 Å².